The molecule has 2 aliphatic carbocycles. The molecule has 3 rings (SSSR count). The Hall–Kier alpha value is -1.11. The zero-order valence-corrected chi connectivity index (χ0v) is 12.4. The average molecular weight is 270 g/mol. The van der Waals surface area contributed by atoms with Gasteiger partial charge in [0.2, 0.25) is 0 Å². The predicted octanol–water partition coefficient (Wildman–Crippen LogP) is 5.50. The molecule has 20 heavy (non-hydrogen) atoms. The highest BCUT2D eigenvalue weighted by atomic mass is 16.1. The summed E-state index contributed by atoms with van der Waals surface area (Å²) in [5.74, 6) is 1.85. The standard InChI is InChI=1S/C19H26O/c20-19(14-13-15-7-2-1-3-8-15)18-12-5-4-11-17(18)16-9-6-10-16/h4-5,11-12,15-16H,1-3,6-10,13-14H2. The van der Waals surface area contributed by atoms with E-state index in [1.807, 2.05) is 6.07 Å². The van der Waals surface area contributed by atoms with Gasteiger partial charge in [-0.05, 0) is 36.7 Å². The van der Waals surface area contributed by atoms with Crippen LogP contribution in [-0.2, 0) is 0 Å². The van der Waals surface area contributed by atoms with Crippen LogP contribution in [0.3, 0.4) is 0 Å². The molecule has 0 heterocycles. The van der Waals surface area contributed by atoms with Crippen molar-refractivity contribution in [3.63, 3.8) is 0 Å². The van der Waals surface area contributed by atoms with E-state index in [9.17, 15) is 4.79 Å². The molecule has 0 aliphatic heterocycles. The maximum Gasteiger partial charge on any atom is 0.163 e. The third-order valence-corrected chi connectivity index (χ3v) is 5.31. The second-order valence-electron chi connectivity index (χ2n) is 6.68. The van der Waals surface area contributed by atoms with Crippen molar-refractivity contribution in [3.05, 3.63) is 35.4 Å². The summed E-state index contributed by atoms with van der Waals surface area (Å²) in [6.07, 6.45) is 12.6. The summed E-state index contributed by atoms with van der Waals surface area (Å²) in [4.78, 5) is 12.6. The van der Waals surface area contributed by atoms with Gasteiger partial charge in [0.15, 0.2) is 5.78 Å². The first kappa shape index (κ1) is 13.9. The normalized spacial score (nSPS) is 20.6. The van der Waals surface area contributed by atoms with E-state index in [-0.39, 0.29) is 0 Å². The highest BCUT2D eigenvalue weighted by molar-refractivity contribution is 5.97. The van der Waals surface area contributed by atoms with Gasteiger partial charge in [0.25, 0.3) is 0 Å². The van der Waals surface area contributed by atoms with E-state index in [0.717, 1.165) is 24.3 Å². The molecule has 0 atom stereocenters. The summed E-state index contributed by atoms with van der Waals surface area (Å²) in [6.45, 7) is 0. The summed E-state index contributed by atoms with van der Waals surface area (Å²) in [5, 5.41) is 0. The SMILES string of the molecule is O=C(CCC1CCCCC1)c1ccccc1C1CCC1. The van der Waals surface area contributed by atoms with Crippen LogP contribution in [0.2, 0.25) is 0 Å². The van der Waals surface area contributed by atoms with E-state index in [4.69, 9.17) is 0 Å². The van der Waals surface area contributed by atoms with Gasteiger partial charge in [-0.2, -0.15) is 0 Å². The molecule has 1 nitrogen and oxygen atoms in total. The molecule has 2 aliphatic rings. The van der Waals surface area contributed by atoms with Crippen molar-refractivity contribution in [2.75, 3.05) is 0 Å². The van der Waals surface area contributed by atoms with Crippen LogP contribution in [0.5, 0.6) is 0 Å². The van der Waals surface area contributed by atoms with Gasteiger partial charge in [0.1, 0.15) is 0 Å². The zero-order valence-electron chi connectivity index (χ0n) is 12.4. The quantitative estimate of drug-likeness (QED) is 0.646. The fraction of sp³-hybridized carbons (Fsp3) is 0.632. The fourth-order valence-electron chi connectivity index (χ4n) is 3.77. The molecule has 0 saturated heterocycles. The van der Waals surface area contributed by atoms with E-state index in [0.29, 0.717) is 11.7 Å². The van der Waals surface area contributed by atoms with Gasteiger partial charge >= 0.3 is 0 Å². The molecule has 2 saturated carbocycles. The number of rotatable bonds is 5. The Morgan fingerprint density at radius 2 is 1.70 bits per heavy atom. The van der Waals surface area contributed by atoms with E-state index in [2.05, 4.69) is 18.2 Å². The van der Waals surface area contributed by atoms with Crippen LogP contribution in [0.25, 0.3) is 0 Å². The molecule has 0 N–H and O–H groups in total. The summed E-state index contributed by atoms with van der Waals surface area (Å²) >= 11 is 0. The Morgan fingerprint density at radius 3 is 2.40 bits per heavy atom. The molecule has 108 valence electrons. The summed E-state index contributed by atoms with van der Waals surface area (Å²) in [6, 6.07) is 8.34. The summed E-state index contributed by atoms with van der Waals surface area (Å²) in [5.41, 5.74) is 2.35. The second kappa shape index (κ2) is 6.56. The fourth-order valence-corrected chi connectivity index (χ4v) is 3.77. The molecule has 0 amide bonds. The lowest BCUT2D eigenvalue weighted by Gasteiger charge is -2.27. The van der Waals surface area contributed by atoms with E-state index >= 15 is 0 Å². The highest BCUT2D eigenvalue weighted by Crippen LogP contribution is 2.38. The number of ketones is 1. The molecule has 0 bridgehead atoms. The molecule has 1 aromatic rings. The van der Waals surface area contributed by atoms with Crippen LogP contribution >= 0.6 is 0 Å². The number of carbonyl (C=O) groups excluding carboxylic acids is 1. The Labute approximate surface area is 122 Å². The van der Waals surface area contributed by atoms with Crippen LogP contribution in [0.1, 0.15) is 86.0 Å². The van der Waals surface area contributed by atoms with Crippen molar-refractivity contribution in [3.8, 4) is 0 Å². The molecule has 0 radical (unpaired) electrons. The van der Waals surface area contributed by atoms with Gasteiger partial charge in [-0.3, -0.25) is 4.79 Å². The van der Waals surface area contributed by atoms with Gasteiger partial charge in [0.05, 0.1) is 0 Å². The Kier molecular flexibility index (Phi) is 4.54. The van der Waals surface area contributed by atoms with Gasteiger partial charge in [-0.25, -0.2) is 0 Å². The summed E-state index contributed by atoms with van der Waals surface area (Å²) < 4.78 is 0. The molecule has 0 unspecified atom stereocenters. The molecular formula is C19H26O. The number of carbonyl (C=O) groups is 1. The van der Waals surface area contributed by atoms with Crippen LogP contribution in [0.15, 0.2) is 24.3 Å². The number of hydrogen-bond acceptors (Lipinski definition) is 1. The second-order valence-corrected chi connectivity index (χ2v) is 6.68. The average Bonchev–Trinajstić information content (AvgIpc) is 2.45. The van der Waals surface area contributed by atoms with E-state index in [1.54, 1.807) is 0 Å². The largest absolute Gasteiger partial charge is 0.294 e. The number of Topliss-reactive ketones (excluding diaryl/α,β-unsaturated/α-hetero) is 1. The highest BCUT2D eigenvalue weighted by Gasteiger charge is 2.24. The third-order valence-electron chi connectivity index (χ3n) is 5.31. The first-order chi connectivity index (χ1) is 9.84. The summed E-state index contributed by atoms with van der Waals surface area (Å²) in [7, 11) is 0. The molecule has 0 spiro atoms. The monoisotopic (exact) mass is 270 g/mol. The van der Waals surface area contributed by atoms with Crippen molar-refractivity contribution in [1.29, 1.82) is 0 Å². The first-order valence-electron chi connectivity index (χ1n) is 8.46. The lowest BCUT2D eigenvalue weighted by atomic mass is 9.77. The lowest BCUT2D eigenvalue weighted by molar-refractivity contribution is 0.0968. The Bertz CT molecular complexity index is 453. The van der Waals surface area contributed by atoms with E-state index < -0.39 is 0 Å². The molecule has 2 fully saturated rings. The van der Waals surface area contributed by atoms with Crippen molar-refractivity contribution in [1.82, 2.24) is 0 Å². The Morgan fingerprint density at radius 1 is 0.950 bits per heavy atom. The maximum absolute atomic E-state index is 12.6. The minimum Gasteiger partial charge on any atom is -0.294 e. The van der Waals surface area contributed by atoms with E-state index in [1.165, 1.54) is 56.9 Å². The van der Waals surface area contributed by atoms with Crippen LogP contribution < -0.4 is 0 Å². The van der Waals surface area contributed by atoms with Crippen LogP contribution in [0, 0.1) is 5.92 Å². The Balaban J connectivity index is 1.61. The van der Waals surface area contributed by atoms with Crippen molar-refractivity contribution < 1.29 is 4.79 Å². The van der Waals surface area contributed by atoms with Crippen LogP contribution in [-0.4, -0.2) is 5.78 Å². The van der Waals surface area contributed by atoms with Crippen molar-refractivity contribution >= 4 is 5.78 Å². The minimum absolute atomic E-state index is 0.387. The third kappa shape index (κ3) is 3.13. The molecule has 1 aromatic carbocycles. The van der Waals surface area contributed by atoms with Crippen LogP contribution in [0.4, 0.5) is 0 Å². The van der Waals surface area contributed by atoms with Gasteiger partial charge < -0.3 is 0 Å². The van der Waals surface area contributed by atoms with Gasteiger partial charge in [-0.15, -0.1) is 0 Å². The molecule has 1 heteroatoms. The number of hydrogen-bond donors (Lipinski definition) is 0. The lowest BCUT2D eigenvalue weighted by Crippen LogP contribution is -2.15. The van der Waals surface area contributed by atoms with Gasteiger partial charge in [0, 0.05) is 12.0 Å². The zero-order chi connectivity index (χ0) is 13.8. The first-order valence-corrected chi connectivity index (χ1v) is 8.46. The number of benzene rings is 1. The van der Waals surface area contributed by atoms with Gasteiger partial charge in [-0.1, -0.05) is 62.8 Å². The maximum atomic E-state index is 12.6. The smallest absolute Gasteiger partial charge is 0.163 e. The predicted molar refractivity (Wildman–Crippen MR) is 83.2 cm³/mol. The topological polar surface area (TPSA) is 17.1 Å². The van der Waals surface area contributed by atoms with Crippen molar-refractivity contribution in [2.24, 2.45) is 5.92 Å². The molecule has 0 aromatic heterocycles. The van der Waals surface area contributed by atoms with Crippen molar-refractivity contribution in [2.45, 2.75) is 70.1 Å². The molecular weight excluding hydrogens is 244 g/mol. The minimum atomic E-state index is 0.387.